The van der Waals surface area contributed by atoms with Gasteiger partial charge in [0, 0.05) is 12.1 Å². The zero-order chi connectivity index (χ0) is 23.0. The molecule has 7 nitrogen and oxygen atoms in total. The lowest BCUT2D eigenvalue weighted by Crippen LogP contribution is -2.30. The Morgan fingerprint density at radius 3 is 2.27 bits per heavy atom. The van der Waals surface area contributed by atoms with Gasteiger partial charge in [0.15, 0.2) is 0 Å². The standard InChI is InChI=1S/C26H27N5O2/c1-33-22-14-12-19(13-15-22)16-17-28-26(32)29-24-23(21-10-6-3-7-11-21)30-31(25(24)27)18-20-8-4-2-5-9-20/h2-15H,16-18,27H2,1H3,(H2,28,29,32). The number of nitrogen functional groups attached to an aromatic ring is 1. The van der Waals surface area contributed by atoms with Crippen molar-refractivity contribution in [2.45, 2.75) is 13.0 Å². The van der Waals surface area contributed by atoms with Crippen LogP contribution in [0.5, 0.6) is 5.75 Å². The molecule has 1 aromatic heterocycles. The molecule has 4 rings (SSSR count). The normalized spacial score (nSPS) is 10.6. The van der Waals surface area contributed by atoms with Crippen molar-refractivity contribution in [1.29, 1.82) is 0 Å². The van der Waals surface area contributed by atoms with E-state index in [-0.39, 0.29) is 6.03 Å². The number of nitrogens with two attached hydrogens (primary N) is 1. The number of urea groups is 1. The molecule has 2 amide bonds. The lowest BCUT2D eigenvalue weighted by atomic mass is 10.1. The fraction of sp³-hybridized carbons (Fsp3) is 0.154. The molecule has 0 aliphatic heterocycles. The molecule has 33 heavy (non-hydrogen) atoms. The summed E-state index contributed by atoms with van der Waals surface area (Å²) < 4.78 is 6.89. The molecule has 0 fully saturated rings. The number of carbonyl (C=O) groups is 1. The fourth-order valence-electron chi connectivity index (χ4n) is 3.54. The Balaban J connectivity index is 1.48. The highest BCUT2D eigenvalue weighted by atomic mass is 16.5. The first-order valence-corrected chi connectivity index (χ1v) is 10.8. The minimum absolute atomic E-state index is 0.327. The number of carbonyl (C=O) groups excluding carboxylic acids is 1. The molecule has 3 aromatic carbocycles. The van der Waals surface area contributed by atoms with Crippen molar-refractivity contribution in [1.82, 2.24) is 15.1 Å². The van der Waals surface area contributed by atoms with Crippen molar-refractivity contribution in [2.75, 3.05) is 24.7 Å². The van der Waals surface area contributed by atoms with Crippen molar-refractivity contribution < 1.29 is 9.53 Å². The Labute approximate surface area is 193 Å². The molecule has 0 bridgehead atoms. The average molecular weight is 442 g/mol. The summed E-state index contributed by atoms with van der Waals surface area (Å²) in [6.07, 6.45) is 0.700. The van der Waals surface area contributed by atoms with Crippen LogP contribution in [0.3, 0.4) is 0 Å². The van der Waals surface area contributed by atoms with Gasteiger partial charge in [-0.15, -0.1) is 0 Å². The highest BCUT2D eigenvalue weighted by molar-refractivity contribution is 5.97. The van der Waals surface area contributed by atoms with E-state index in [9.17, 15) is 4.79 Å². The highest BCUT2D eigenvalue weighted by Crippen LogP contribution is 2.32. The lowest BCUT2D eigenvalue weighted by molar-refractivity contribution is 0.252. The smallest absolute Gasteiger partial charge is 0.319 e. The van der Waals surface area contributed by atoms with Gasteiger partial charge in [0.05, 0.1) is 13.7 Å². The zero-order valence-electron chi connectivity index (χ0n) is 18.5. The Morgan fingerprint density at radius 1 is 0.939 bits per heavy atom. The summed E-state index contributed by atoms with van der Waals surface area (Å²) in [7, 11) is 1.64. The van der Waals surface area contributed by atoms with Gasteiger partial charge in [0.25, 0.3) is 0 Å². The first-order chi connectivity index (χ1) is 16.1. The van der Waals surface area contributed by atoms with Crippen LogP contribution in [-0.2, 0) is 13.0 Å². The summed E-state index contributed by atoms with van der Waals surface area (Å²) in [5, 5.41) is 10.5. The third-order valence-electron chi connectivity index (χ3n) is 5.31. The van der Waals surface area contributed by atoms with Crippen molar-refractivity contribution in [3.8, 4) is 17.0 Å². The summed E-state index contributed by atoms with van der Waals surface area (Å²) in [6, 6.07) is 27.1. The van der Waals surface area contributed by atoms with E-state index in [1.54, 1.807) is 11.8 Å². The van der Waals surface area contributed by atoms with Crippen LogP contribution in [0.4, 0.5) is 16.3 Å². The number of hydrogen-bond acceptors (Lipinski definition) is 4. The molecule has 4 aromatic rings. The maximum absolute atomic E-state index is 12.7. The van der Waals surface area contributed by atoms with Crippen LogP contribution < -0.4 is 21.1 Å². The average Bonchev–Trinajstić information content (AvgIpc) is 3.15. The van der Waals surface area contributed by atoms with E-state index in [4.69, 9.17) is 15.6 Å². The van der Waals surface area contributed by atoms with E-state index in [0.29, 0.717) is 36.7 Å². The van der Waals surface area contributed by atoms with Crippen molar-refractivity contribution >= 4 is 17.5 Å². The van der Waals surface area contributed by atoms with Gasteiger partial charge in [0.2, 0.25) is 0 Å². The molecule has 0 unspecified atom stereocenters. The molecule has 0 aliphatic rings. The summed E-state index contributed by atoms with van der Waals surface area (Å²) in [4.78, 5) is 12.7. The van der Waals surface area contributed by atoms with Crippen molar-refractivity contribution in [3.63, 3.8) is 0 Å². The van der Waals surface area contributed by atoms with Gasteiger partial charge < -0.3 is 21.1 Å². The van der Waals surface area contributed by atoms with E-state index in [2.05, 4.69) is 10.6 Å². The van der Waals surface area contributed by atoms with E-state index in [0.717, 1.165) is 22.4 Å². The number of ether oxygens (including phenoxy) is 1. The maximum atomic E-state index is 12.7. The molecule has 168 valence electrons. The highest BCUT2D eigenvalue weighted by Gasteiger charge is 2.19. The Kier molecular flexibility index (Phi) is 6.90. The molecule has 1 heterocycles. The Morgan fingerprint density at radius 2 is 1.61 bits per heavy atom. The molecule has 0 aliphatic carbocycles. The minimum Gasteiger partial charge on any atom is -0.497 e. The second-order valence-electron chi connectivity index (χ2n) is 7.60. The number of nitrogens with zero attached hydrogens (tertiary/aromatic N) is 2. The summed E-state index contributed by atoms with van der Waals surface area (Å²) in [6.45, 7) is 0.990. The summed E-state index contributed by atoms with van der Waals surface area (Å²) >= 11 is 0. The van der Waals surface area contributed by atoms with Crippen molar-refractivity contribution in [2.24, 2.45) is 0 Å². The number of rotatable bonds is 8. The number of hydrogen-bond donors (Lipinski definition) is 3. The second-order valence-corrected chi connectivity index (χ2v) is 7.60. The number of anilines is 2. The quantitative estimate of drug-likeness (QED) is 0.374. The lowest BCUT2D eigenvalue weighted by Gasteiger charge is -2.10. The van der Waals surface area contributed by atoms with E-state index in [1.165, 1.54) is 0 Å². The Hall–Kier alpha value is -4.26. The number of nitrogens with one attached hydrogen (secondary N) is 2. The zero-order valence-corrected chi connectivity index (χ0v) is 18.5. The van der Waals surface area contributed by atoms with Gasteiger partial charge in [-0.05, 0) is 29.7 Å². The molecule has 0 atom stereocenters. The van der Waals surface area contributed by atoms with Crippen LogP contribution in [0, 0.1) is 0 Å². The first-order valence-electron chi connectivity index (χ1n) is 10.8. The van der Waals surface area contributed by atoms with Crippen LogP contribution in [0.15, 0.2) is 84.9 Å². The number of amides is 2. The fourth-order valence-corrected chi connectivity index (χ4v) is 3.54. The van der Waals surface area contributed by atoms with Gasteiger partial charge in [-0.1, -0.05) is 72.8 Å². The minimum atomic E-state index is -0.327. The maximum Gasteiger partial charge on any atom is 0.319 e. The van der Waals surface area contributed by atoms with Crippen LogP contribution in [-0.4, -0.2) is 29.5 Å². The predicted octanol–water partition coefficient (Wildman–Crippen LogP) is 4.55. The van der Waals surface area contributed by atoms with E-state index >= 15 is 0 Å². The van der Waals surface area contributed by atoms with E-state index in [1.807, 2.05) is 84.9 Å². The molecule has 4 N–H and O–H groups in total. The van der Waals surface area contributed by atoms with Crippen LogP contribution in [0.2, 0.25) is 0 Å². The van der Waals surface area contributed by atoms with Gasteiger partial charge in [-0.2, -0.15) is 5.10 Å². The number of methoxy groups -OCH3 is 1. The molecular formula is C26H27N5O2. The largest absolute Gasteiger partial charge is 0.497 e. The van der Waals surface area contributed by atoms with E-state index < -0.39 is 0 Å². The molecule has 0 spiro atoms. The van der Waals surface area contributed by atoms with Gasteiger partial charge in [-0.25, -0.2) is 9.48 Å². The molecule has 0 saturated heterocycles. The van der Waals surface area contributed by atoms with Crippen LogP contribution >= 0.6 is 0 Å². The summed E-state index contributed by atoms with van der Waals surface area (Å²) in [5.74, 6) is 1.21. The molecular weight excluding hydrogens is 414 g/mol. The van der Waals surface area contributed by atoms with Gasteiger partial charge in [0.1, 0.15) is 22.9 Å². The molecule has 0 radical (unpaired) electrons. The van der Waals surface area contributed by atoms with Gasteiger partial charge in [-0.3, -0.25) is 0 Å². The summed E-state index contributed by atoms with van der Waals surface area (Å²) in [5.41, 5.74) is 10.6. The molecule has 0 saturated carbocycles. The van der Waals surface area contributed by atoms with Crippen LogP contribution in [0.1, 0.15) is 11.1 Å². The molecule has 7 heteroatoms. The predicted molar refractivity (Wildman–Crippen MR) is 131 cm³/mol. The number of aromatic nitrogens is 2. The topological polar surface area (TPSA) is 94.2 Å². The number of benzene rings is 3. The SMILES string of the molecule is COc1ccc(CCNC(=O)Nc2c(-c3ccccc3)nn(Cc3ccccc3)c2N)cc1. The first kappa shape index (κ1) is 22.0. The second kappa shape index (κ2) is 10.4. The monoisotopic (exact) mass is 441 g/mol. The Bertz CT molecular complexity index is 1190. The third kappa shape index (κ3) is 5.51. The van der Waals surface area contributed by atoms with Crippen LogP contribution in [0.25, 0.3) is 11.3 Å². The third-order valence-corrected chi connectivity index (χ3v) is 5.31. The van der Waals surface area contributed by atoms with Gasteiger partial charge >= 0.3 is 6.03 Å². The van der Waals surface area contributed by atoms with Crippen molar-refractivity contribution in [3.05, 3.63) is 96.1 Å².